The van der Waals surface area contributed by atoms with Crippen molar-refractivity contribution in [2.24, 2.45) is 5.92 Å². The van der Waals surface area contributed by atoms with Crippen molar-refractivity contribution in [3.8, 4) is 0 Å². The summed E-state index contributed by atoms with van der Waals surface area (Å²) in [5, 5.41) is 9.21. The lowest BCUT2D eigenvalue weighted by atomic mass is 9.92. The lowest BCUT2D eigenvalue weighted by Crippen LogP contribution is -2.49. The first kappa shape index (κ1) is 18.3. The van der Waals surface area contributed by atoms with Crippen LogP contribution in [0.3, 0.4) is 0 Å². The van der Waals surface area contributed by atoms with Gasteiger partial charge in [-0.05, 0) is 38.0 Å². The van der Waals surface area contributed by atoms with Crippen molar-refractivity contribution in [2.75, 3.05) is 13.7 Å². The molecule has 1 N–H and O–H groups in total. The van der Waals surface area contributed by atoms with Crippen LogP contribution in [0, 0.1) is 11.7 Å². The molecular weight excluding hydrogens is 341 g/mol. The minimum absolute atomic E-state index is 0.136. The van der Waals surface area contributed by atoms with Crippen LogP contribution in [0.25, 0.3) is 0 Å². The van der Waals surface area contributed by atoms with Gasteiger partial charge in [-0.3, -0.25) is 4.79 Å². The average Bonchev–Trinajstić information content (AvgIpc) is 2.53. The van der Waals surface area contributed by atoms with Gasteiger partial charge in [0.05, 0.1) is 23.5 Å². The molecule has 0 radical (unpaired) electrons. The standard InChI is InChI=1S/C15H18FNO6S/c1-9-13(14(18)19)4-3-5-17(9)24(21,22)12-7-10(15(20)23-2)6-11(16)8-12/h6-9,13H,3-5H2,1-2H3,(H,18,19)/t9-,13-/m0/s1. The molecule has 0 spiro atoms. The highest BCUT2D eigenvalue weighted by molar-refractivity contribution is 7.89. The van der Waals surface area contributed by atoms with Crippen molar-refractivity contribution in [1.82, 2.24) is 4.31 Å². The molecule has 1 saturated heterocycles. The van der Waals surface area contributed by atoms with E-state index >= 15 is 0 Å². The zero-order chi connectivity index (χ0) is 18.1. The Morgan fingerprint density at radius 3 is 2.58 bits per heavy atom. The zero-order valence-electron chi connectivity index (χ0n) is 13.2. The van der Waals surface area contributed by atoms with Crippen LogP contribution in [-0.4, -0.2) is 49.5 Å². The van der Waals surface area contributed by atoms with Crippen molar-refractivity contribution in [2.45, 2.75) is 30.7 Å². The molecule has 1 aliphatic heterocycles. The van der Waals surface area contributed by atoms with Gasteiger partial charge in [-0.25, -0.2) is 17.6 Å². The Hall–Kier alpha value is -2.00. The smallest absolute Gasteiger partial charge is 0.337 e. The molecule has 0 bridgehead atoms. The third kappa shape index (κ3) is 3.41. The number of nitrogens with zero attached hydrogens (tertiary/aromatic N) is 1. The Labute approximate surface area is 139 Å². The number of methoxy groups -OCH3 is 1. The van der Waals surface area contributed by atoms with E-state index in [1.54, 1.807) is 0 Å². The van der Waals surface area contributed by atoms with Gasteiger partial charge in [-0.1, -0.05) is 0 Å². The number of carboxylic acid groups (broad SMARTS) is 1. The van der Waals surface area contributed by atoms with Crippen LogP contribution in [0.1, 0.15) is 30.1 Å². The monoisotopic (exact) mass is 359 g/mol. The normalized spacial score (nSPS) is 22.1. The molecule has 7 nitrogen and oxygen atoms in total. The number of ether oxygens (including phenoxy) is 1. The maximum absolute atomic E-state index is 13.7. The van der Waals surface area contributed by atoms with Gasteiger partial charge in [-0.2, -0.15) is 4.31 Å². The second-order valence-corrected chi connectivity index (χ2v) is 7.50. The number of sulfonamides is 1. The lowest BCUT2D eigenvalue weighted by molar-refractivity contribution is -0.144. The highest BCUT2D eigenvalue weighted by atomic mass is 32.2. The molecule has 0 unspecified atom stereocenters. The fourth-order valence-electron chi connectivity index (χ4n) is 2.86. The number of piperidine rings is 1. The van der Waals surface area contributed by atoms with Gasteiger partial charge in [0.15, 0.2) is 0 Å². The van der Waals surface area contributed by atoms with Crippen molar-refractivity contribution in [3.05, 3.63) is 29.6 Å². The van der Waals surface area contributed by atoms with Gasteiger partial charge < -0.3 is 9.84 Å². The topological polar surface area (TPSA) is 101 Å². The number of carbonyl (C=O) groups excluding carboxylic acids is 1. The van der Waals surface area contributed by atoms with Crippen molar-refractivity contribution in [3.63, 3.8) is 0 Å². The maximum atomic E-state index is 13.7. The quantitative estimate of drug-likeness (QED) is 0.818. The molecule has 24 heavy (non-hydrogen) atoms. The fraction of sp³-hybridized carbons (Fsp3) is 0.467. The van der Waals surface area contributed by atoms with E-state index in [9.17, 15) is 27.5 Å². The van der Waals surface area contributed by atoms with Crippen LogP contribution in [0.2, 0.25) is 0 Å². The van der Waals surface area contributed by atoms with E-state index in [-0.39, 0.29) is 12.1 Å². The van der Waals surface area contributed by atoms with Gasteiger partial charge >= 0.3 is 11.9 Å². The molecule has 2 rings (SSSR count). The van der Waals surface area contributed by atoms with E-state index in [1.807, 2.05) is 0 Å². The number of halogens is 1. The van der Waals surface area contributed by atoms with Crippen LogP contribution >= 0.6 is 0 Å². The third-order valence-electron chi connectivity index (χ3n) is 4.15. The second-order valence-electron chi connectivity index (χ2n) is 5.61. The van der Waals surface area contributed by atoms with Gasteiger partial charge in [0.1, 0.15) is 5.82 Å². The fourth-order valence-corrected chi connectivity index (χ4v) is 4.63. The van der Waals surface area contributed by atoms with E-state index < -0.39 is 44.6 Å². The molecular formula is C15H18FNO6S. The predicted octanol–water partition coefficient (Wildman–Crippen LogP) is 1.49. The van der Waals surface area contributed by atoms with Crippen LogP contribution < -0.4 is 0 Å². The molecule has 0 aromatic heterocycles. The largest absolute Gasteiger partial charge is 0.481 e. The summed E-state index contributed by atoms with van der Waals surface area (Å²) in [5.41, 5.74) is -0.226. The highest BCUT2D eigenvalue weighted by Gasteiger charge is 2.39. The molecule has 132 valence electrons. The van der Waals surface area contributed by atoms with E-state index in [4.69, 9.17) is 0 Å². The van der Waals surface area contributed by atoms with Crippen molar-refractivity contribution >= 4 is 22.0 Å². The molecule has 0 amide bonds. The number of benzene rings is 1. The molecule has 2 atom stereocenters. The summed E-state index contributed by atoms with van der Waals surface area (Å²) in [6.07, 6.45) is 0.763. The Morgan fingerprint density at radius 1 is 1.33 bits per heavy atom. The summed E-state index contributed by atoms with van der Waals surface area (Å²) >= 11 is 0. The Balaban J connectivity index is 2.45. The average molecular weight is 359 g/mol. The number of hydrogen-bond acceptors (Lipinski definition) is 5. The van der Waals surface area contributed by atoms with E-state index in [2.05, 4.69) is 4.74 Å². The third-order valence-corrected chi connectivity index (χ3v) is 6.11. The van der Waals surface area contributed by atoms with Crippen molar-refractivity contribution < 1.29 is 32.2 Å². The molecule has 0 aliphatic carbocycles. The maximum Gasteiger partial charge on any atom is 0.337 e. The number of hydrogen-bond donors (Lipinski definition) is 1. The minimum atomic E-state index is -4.14. The molecule has 9 heteroatoms. The first-order chi connectivity index (χ1) is 11.2. The van der Waals surface area contributed by atoms with Gasteiger partial charge in [-0.15, -0.1) is 0 Å². The van der Waals surface area contributed by atoms with Crippen molar-refractivity contribution in [1.29, 1.82) is 0 Å². The van der Waals surface area contributed by atoms with E-state index in [0.717, 1.165) is 29.6 Å². The van der Waals surface area contributed by atoms with E-state index in [0.29, 0.717) is 12.8 Å². The summed E-state index contributed by atoms with van der Waals surface area (Å²) in [4.78, 5) is 22.4. The number of carbonyl (C=O) groups is 2. The lowest BCUT2D eigenvalue weighted by Gasteiger charge is -2.36. The predicted molar refractivity (Wildman–Crippen MR) is 81.5 cm³/mol. The summed E-state index contributed by atoms with van der Waals surface area (Å²) in [6.45, 7) is 1.65. The van der Waals surface area contributed by atoms with Crippen LogP contribution in [0.4, 0.5) is 4.39 Å². The summed E-state index contributed by atoms with van der Waals surface area (Å²) in [6, 6.07) is 1.94. The first-order valence-corrected chi connectivity index (χ1v) is 8.76. The molecule has 1 aliphatic rings. The molecule has 1 heterocycles. The Kier molecular flexibility index (Phi) is 5.24. The number of rotatable bonds is 4. The Morgan fingerprint density at radius 2 is 2.00 bits per heavy atom. The van der Waals surface area contributed by atoms with Gasteiger partial charge in [0.2, 0.25) is 10.0 Å². The molecule has 1 aromatic rings. The summed E-state index contributed by atoms with van der Waals surface area (Å²) in [5.74, 6) is -3.66. The molecule has 0 saturated carbocycles. The van der Waals surface area contributed by atoms with Gasteiger partial charge in [0.25, 0.3) is 0 Å². The number of esters is 1. The molecule has 1 fully saturated rings. The van der Waals surface area contributed by atoms with Gasteiger partial charge in [0, 0.05) is 12.6 Å². The highest BCUT2D eigenvalue weighted by Crippen LogP contribution is 2.30. The van der Waals surface area contributed by atoms with Crippen LogP contribution in [0.5, 0.6) is 0 Å². The van der Waals surface area contributed by atoms with Crippen LogP contribution in [0.15, 0.2) is 23.1 Å². The van der Waals surface area contributed by atoms with E-state index in [1.165, 1.54) is 6.92 Å². The minimum Gasteiger partial charge on any atom is -0.481 e. The Bertz CT molecular complexity index is 763. The summed E-state index contributed by atoms with van der Waals surface area (Å²) in [7, 11) is -3.04. The number of carboxylic acids is 1. The SMILES string of the molecule is COC(=O)c1cc(F)cc(S(=O)(=O)N2CCC[C@H](C(=O)O)[C@@H]2C)c1. The zero-order valence-corrected chi connectivity index (χ0v) is 14.0. The second kappa shape index (κ2) is 6.86. The molecule has 1 aromatic carbocycles. The number of aliphatic carboxylic acids is 1. The summed E-state index contributed by atoms with van der Waals surface area (Å²) < 4.78 is 44.9. The first-order valence-electron chi connectivity index (χ1n) is 7.32. The van der Waals surface area contributed by atoms with Crippen LogP contribution in [-0.2, 0) is 19.6 Å².